The molecule has 5 heteroatoms. The lowest BCUT2D eigenvalue weighted by Crippen LogP contribution is -2.25. The first kappa shape index (κ1) is 13.6. The molecular weight excluding hydrogens is 266 g/mol. The number of nitrogens with zero attached hydrogens (tertiary/aromatic N) is 2. The number of rotatable bonds is 6. The monoisotopic (exact) mass is 283 g/mol. The summed E-state index contributed by atoms with van der Waals surface area (Å²) in [4.78, 5) is 5.71. The second-order valence-electron chi connectivity index (χ2n) is 4.10. The Balaban J connectivity index is 2.30. The van der Waals surface area contributed by atoms with Gasteiger partial charge >= 0.3 is 0 Å². The molecule has 2 aromatic rings. The Morgan fingerprint density at radius 2 is 2.28 bits per heavy atom. The van der Waals surface area contributed by atoms with Crippen LogP contribution < -0.4 is 5.32 Å². The summed E-state index contributed by atoms with van der Waals surface area (Å²) in [6.45, 7) is 6.19. The third kappa shape index (κ3) is 2.94. The van der Waals surface area contributed by atoms with Gasteiger partial charge in [0.1, 0.15) is 11.9 Å². The van der Waals surface area contributed by atoms with Crippen LogP contribution in [0.5, 0.6) is 0 Å². The first-order valence-electron chi connectivity index (χ1n) is 6.25. The van der Waals surface area contributed by atoms with Crippen LogP contribution in [0.1, 0.15) is 37.0 Å². The molecule has 18 heavy (non-hydrogen) atoms. The van der Waals surface area contributed by atoms with Crippen molar-refractivity contribution < 1.29 is 0 Å². The molecule has 0 fully saturated rings. The number of imidazole rings is 1. The molecule has 0 aliphatic heterocycles. The predicted octanol–water partition coefficient (Wildman–Crippen LogP) is 3.71. The summed E-state index contributed by atoms with van der Waals surface area (Å²) in [5, 5.41) is 3.54. The van der Waals surface area contributed by atoms with Gasteiger partial charge in [0.25, 0.3) is 0 Å². The van der Waals surface area contributed by atoms with Crippen LogP contribution in [-0.4, -0.2) is 16.1 Å². The van der Waals surface area contributed by atoms with Crippen LogP contribution in [0.3, 0.4) is 0 Å². The topological polar surface area (TPSA) is 29.9 Å². The van der Waals surface area contributed by atoms with E-state index < -0.39 is 0 Å². The van der Waals surface area contributed by atoms with Gasteiger partial charge in [-0.2, -0.15) is 0 Å². The SMILES string of the molecule is CCCNC(c1ccc(Cl)s1)c1nccn1CC. The van der Waals surface area contributed by atoms with Crippen molar-refractivity contribution in [1.29, 1.82) is 0 Å². The molecule has 1 unspecified atom stereocenters. The molecule has 98 valence electrons. The van der Waals surface area contributed by atoms with Crippen molar-refractivity contribution in [2.45, 2.75) is 32.9 Å². The normalized spacial score (nSPS) is 12.8. The smallest absolute Gasteiger partial charge is 0.131 e. The number of nitrogens with one attached hydrogen (secondary N) is 1. The van der Waals surface area contributed by atoms with Gasteiger partial charge in [0, 0.05) is 23.8 Å². The van der Waals surface area contributed by atoms with Gasteiger partial charge in [0.2, 0.25) is 0 Å². The summed E-state index contributed by atoms with van der Waals surface area (Å²) in [6.07, 6.45) is 4.97. The van der Waals surface area contributed by atoms with Crippen LogP contribution in [0.25, 0.3) is 0 Å². The highest BCUT2D eigenvalue weighted by Crippen LogP contribution is 2.30. The van der Waals surface area contributed by atoms with E-state index >= 15 is 0 Å². The second-order valence-corrected chi connectivity index (χ2v) is 5.85. The van der Waals surface area contributed by atoms with E-state index in [9.17, 15) is 0 Å². The lowest BCUT2D eigenvalue weighted by atomic mass is 10.2. The van der Waals surface area contributed by atoms with Gasteiger partial charge < -0.3 is 9.88 Å². The van der Waals surface area contributed by atoms with E-state index in [0.717, 1.165) is 29.7 Å². The van der Waals surface area contributed by atoms with Gasteiger partial charge in [-0.15, -0.1) is 11.3 Å². The van der Waals surface area contributed by atoms with Crippen LogP contribution >= 0.6 is 22.9 Å². The number of hydrogen-bond acceptors (Lipinski definition) is 3. The van der Waals surface area contributed by atoms with Gasteiger partial charge in [-0.1, -0.05) is 18.5 Å². The number of aryl methyl sites for hydroxylation is 1. The molecule has 0 saturated heterocycles. The second kappa shape index (κ2) is 6.36. The molecule has 0 radical (unpaired) electrons. The Morgan fingerprint density at radius 1 is 1.44 bits per heavy atom. The van der Waals surface area contributed by atoms with Crippen LogP contribution in [0.15, 0.2) is 24.5 Å². The average Bonchev–Trinajstić information content (AvgIpc) is 2.99. The minimum Gasteiger partial charge on any atom is -0.334 e. The van der Waals surface area contributed by atoms with E-state index in [2.05, 4.69) is 34.8 Å². The summed E-state index contributed by atoms with van der Waals surface area (Å²) in [5.41, 5.74) is 0. The highest BCUT2D eigenvalue weighted by atomic mass is 35.5. The van der Waals surface area contributed by atoms with Gasteiger partial charge in [0.05, 0.1) is 4.34 Å². The minimum atomic E-state index is 0.136. The summed E-state index contributed by atoms with van der Waals surface area (Å²) >= 11 is 7.65. The Kier molecular flexibility index (Phi) is 4.80. The van der Waals surface area contributed by atoms with Gasteiger partial charge in [-0.3, -0.25) is 0 Å². The summed E-state index contributed by atoms with van der Waals surface area (Å²) < 4.78 is 2.99. The third-order valence-corrected chi connectivity index (χ3v) is 4.12. The van der Waals surface area contributed by atoms with Gasteiger partial charge in [0.15, 0.2) is 0 Å². The quantitative estimate of drug-likeness (QED) is 0.876. The number of hydrogen-bond donors (Lipinski definition) is 1. The van der Waals surface area contributed by atoms with Crippen LogP contribution in [0.2, 0.25) is 4.34 Å². The first-order chi connectivity index (χ1) is 8.76. The molecule has 0 amide bonds. The molecule has 0 bridgehead atoms. The molecule has 0 saturated carbocycles. The lowest BCUT2D eigenvalue weighted by molar-refractivity contribution is 0.547. The van der Waals surface area contributed by atoms with Crippen LogP contribution in [0, 0.1) is 0 Å². The zero-order valence-corrected chi connectivity index (χ0v) is 12.3. The number of thiophene rings is 1. The fourth-order valence-electron chi connectivity index (χ4n) is 1.94. The number of aromatic nitrogens is 2. The zero-order chi connectivity index (χ0) is 13.0. The van der Waals surface area contributed by atoms with Crippen molar-refractivity contribution in [3.63, 3.8) is 0 Å². The maximum atomic E-state index is 6.04. The van der Waals surface area contributed by atoms with E-state index in [-0.39, 0.29) is 6.04 Å². The van der Waals surface area contributed by atoms with E-state index in [1.54, 1.807) is 11.3 Å². The Hall–Kier alpha value is -0.840. The highest BCUT2D eigenvalue weighted by Gasteiger charge is 2.19. The van der Waals surface area contributed by atoms with Crippen molar-refractivity contribution in [3.8, 4) is 0 Å². The van der Waals surface area contributed by atoms with Crippen molar-refractivity contribution in [2.75, 3.05) is 6.54 Å². The molecule has 0 aliphatic rings. The molecular formula is C13H18ClN3S. The molecule has 1 N–H and O–H groups in total. The molecule has 0 aliphatic carbocycles. The highest BCUT2D eigenvalue weighted by molar-refractivity contribution is 7.16. The lowest BCUT2D eigenvalue weighted by Gasteiger charge is -2.17. The molecule has 2 rings (SSSR count). The zero-order valence-electron chi connectivity index (χ0n) is 10.7. The Bertz CT molecular complexity index is 492. The van der Waals surface area contributed by atoms with E-state index in [4.69, 9.17) is 11.6 Å². The minimum absolute atomic E-state index is 0.136. The fraction of sp³-hybridized carbons (Fsp3) is 0.462. The van der Waals surface area contributed by atoms with E-state index in [1.807, 2.05) is 18.5 Å². The fourth-order valence-corrected chi connectivity index (χ4v) is 3.07. The molecule has 0 spiro atoms. The summed E-state index contributed by atoms with van der Waals surface area (Å²) in [6, 6.07) is 4.16. The van der Waals surface area contributed by atoms with Crippen molar-refractivity contribution in [2.24, 2.45) is 0 Å². The van der Waals surface area contributed by atoms with Crippen molar-refractivity contribution >= 4 is 22.9 Å². The molecule has 2 aromatic heterocycles. The largest absolute Gasteiger partial charge is 0.334 e. The Labute approximate surface area is 117 Å². The Morgan fingerprint density at radius 3 is 2.89 bits per heavy atom. The third-order valence-electron chi connectivity index (χ3n) is 2.82. The predicted molar refractivity (Wildman–Crippen MR) is 77.4 cm³/mol. The molecule has 3 nitrogen and oxygen atoms in total. The maximum Gasteiger partial charge on any atom is 0.131 e. The number of halogens is 1. The summed E-state index contributed by atoms with van der Waals surface area (Å²) in [7, 11) is 0. The maximum absolute atomic E-state index is 6.04. The average molecular weight is 284 g/mol. The van der Waals surface area contributed by atoms with Crippen LogP contribution in [-0.2, 0) is 6.54 Å². The van der Waals surface area contributed by atoms with E-state index in [0.29, 0.717) is 0 Å². The first-order valence-corrected chi connectivity index (χ1v) is 7.45. The molecule has 2 heterocycles. The van der Waals surface area contributed by atoms with Crippen molar-refractivity contribution in [1.82, 2.24) is 14.9 Å². The molecule has 0 aromatic carbocycles. The van der Waals surface area contributed by atoms with Crippen LogP contribution in [0.4, 0.5) is 0 Å². The van der Waals surface area contributed by atoms with E-state index in [1.165, 1.54) is 4.88 Å². The van der Waals surface area contributed by atoms with Crippen molar-refractivity contribution in [3.05, 3.63) is 39.6 Å². The van der Waals surface area contributed by atoms with Gasteiger partial charge in [-0.05, 0) is 32.0 Å². The standard InChI is InChI=1S/C13H18ClN3S/c1-3-7-15-12(10-5-6-11(14)18-10)13-16-8-9-17(13)4-2/h5-6,8-9,12,15H,3-4,7H2,1-2H3. The van der Waals surface area contributed by atoms with Gasteiger partial charge in [-0.25, -0.2) is 4.98 Å². The molecule has 1 atom stereocenters. The summed E-state index contributed by atoms with van der Waals surface area (Å²) in [5.74, 6) is 1.06.